The van der Waals surface area contributed by atoms with Gasteiger partial charge in [-0.05, 0) is 27.2 Å². The second-order valence-electron chi connectivity index (χ2n) is 4.39. The van der Waals surface area contributed by atoms with Crippen molar-refractivity contribution in [2.24, 2.45) is 0 Å². The van der Waals surface area contributed by atoms with Crippen LogP contribution in [0.5, 0.6) is 0 Å². The van der Waals surface area contributed by atoms with E-state index in [-0.39, 0.29) is 12.2 Å². The first-order valence-corrected chi connectivity index (χ1v) is 6.18. The molecular formula is C12H19ClN2O2. The van der Waals surface area contributed by atoms with Gasteiger partial charge < -0.3 is 5.11 Å². The summed E-state index contributed by atoms with van der Waals surface area (Å²) in [5.41, 5.74) is 0.109. The van der Waals surface area contributed by atoms with Gasteiger partial charge in [0.2, 0.25) is 0 Å². The molecule has 0 saturated carbocycles. The molecule has 0 spiro atoms. The van der Waals surface area contributed by atoms with Gasteiger partial charge in [-0.2, -0.15) is 5.10 Å². The van der Waals surface area contributed by atoms with Crippen LogP contribution in [0.15, 0.2) is 0 Å². The van der Waals surface area contributed by atoms with Crippen molar-refractivity contribution in [2.45, 2.75) is 52.7 Å². The lowest BCUT2D eigenvalue weighted by Gasteiger charge is -2.19. The average Bonchev–Trinajstić information content (AvgIpc) is 2.56. The maximum absolute atomic E-state index is 11.9. The molecule has 5 heteroatoms. The van der Waals surface area contributed by atoms with Gasteiger partial charge in [-0.25, -0.2) is 0 Å². The normalized spacial score (nSPS) is 14.7. The highest BCUT2D eigenvalue weighted by atomic mass is 35.5. The topological polar surface area (TPSA) is 55.1 Å². The summed E-state index contributed by atoms with van der Waals surface area (Å²) in [6.07, 6.45) is 0.511. The maximum atomic E-state index is 11.9. The van der Waals surface area contributed by atoms with E-state index in [1.54, 1.807) is 18.5 Å². The van der Waals surface area contributed by atoms with Crippen LogP contribution in [0.4, 0.5) is 0 Å². The Morgan fingerprint density at radius 2 is 2.12 bits per heavy atom. The molecule has 1 atom stereocenters. The van der Waals surface area contributed by atoms with Crippen LogP contribution in [-0.2, 0) is 17.8 Å². The smallest absolute Gasteiger partial charge is 0.170 e. The van der Waals surface area contributed by atoms with Crippen molar-refractivity contribution in [1.29, 1.82) is 0 Å². The van der Waals surface area contributed by atoms with Crippen molar-refractivity contribution in [3.63, 3.8) is 0 Å². The fourth-order valence-electron chi connectivity index (χ4n) is 1.58. The first-order valence-electron chi connectivity index (χ1n) is 5.81. The lowest BCUT2D eigenvalue weighted by atomic mass is 9.94. The number of hydrogen-bond acceptors (Lipinski definition) is 3. The number of aromatic nitrogens is 2. The SMILES string of the molecule is CCn1nc(C)c(Cl)c1CC(=O)C(C)(O)CC. The zero-order valence-corrected chi connectivity index (χ0v) is 11.5. The van der Waals surface area contributed by atoms with Gasteiger partial charge in [0.15, 0.2) is 5.78 Å². The molecule has 0 fully saturated rings. The van der Waals surface area contributed by atoms with Crippen LogP contribution in [0.2, 0.25) is 5.02 Å². The average molecular weight is 259 g/mol. The maximum Gasteiger partial charge on any atom is 0.170 e. The van der Waals surface area contributed by atoms with E-state index in [4.69, 9.17) is 11.6 Å². The summed E-state index contributed by atoms with van der Waals surface area (Å²) in [6.45, 7) is 7.71. The molecule has 1 heterocycles. The van der Waals surface area contributed by atoms with Crippen LogP contribution in [0.25, 0.3) is 0 Å². The molecule has 0 bridgehead atoms. The van der Waals surface area contributed by atoms with E-state index in [1.807, 2.05) is 6.92 Å². The minimum Gasteiger partial charge on any atom is -0.382 e. The molecule has 1 rings (SSSR count). The van der Waals surface area contributed by atoms with E-state index in [0.717, 1.165) is 0 Å². The van der Waals surface area contributed by atoms with Gasteiger partial charge in [-0.3, -0.25) is 9.48 Å². The third-order valence-corrected chi connectivity index (χ3v) is 3.56. The van der Waals surface area contributed by atoms with Gasteiger partial charge in [0.25, 0.3) is 0 Å². The highest BCUT2D eigenvalue weighted by Gasteiger charge is 2.29. The summed E-state index contributed by atoms with van der Waals surface area (Å²) in [5, 5.41) is 14.7. The number of nitrogens with zero attached hydrogens (tertiary/aromatic N) is 2. The quantitative estimate of drug-likeness (QED) is 0.880. The Hall–Kier alpha value is -0.870. The van der Waals surface area contributed by atoms with Crippen LogP contribution in [0, 0.1) is 6.92 Å². The van der Waals surface area contributed by atoms with Gasteiger partial charge in [-0.1, -0.05) is 18.5 Å². The molecule has 0 aliphatic carbocycles. The molecule has 96 valence electrons. The number of carbonyl (C=O) groups is 1. The van der Waals surface area contributed by atoms with Gasteiger partial charge in [-0.15, -0.1) is 0 Å². The number of hydrogen-bond donors (Lipinski definition) is 1. The Morgan fingerprint density at radius 3 is 2.59 bits per heavy atom. The summed E-state index contributed by atoms with van der Waals surface area (Å²) >= 11 is 6.11. The van der Waals surface area contributed by atoms with E-state index in [9.17, 15) is 9.90 Å². The molecule has 4 nitrogen and oxygen atoms in total. The second kappa shape index (κ2) is 5.19. The fourth-order valence-corrected chi connectivity index (χ4v) is 1.78. The van der Waals surface area contributed by atoms with Crippen molar-refractivity contribution in [2.75, 3.05) is 0 Å². The molecular weight excluding hydrogens is 240 g/mol. The molecule has 1 unspecified atom stereocenters. The van der Waals surface area contributed by atoms with Crippen molar-refractivity contribution < 1.29 is 9.90 Å². The lowest BCUT2D eigenvalue weighted by Crippen LogP contribution is -2.36. The first kappa shape index (κ1) is 14.2. The number of ketones is 1. The van der Waals surface area contributed by atoms with Crippen molar-refractivity contribution in [3.05, 3.63) is 16.4 Å². The molecule has 0 aliphatic heterocycles. The highest BCUT2D eigenvalue weighted by Crippen LogP contribution is 2.23. The number of halogens is 1. The van der Waals surface area contributed by atoms with Crippen LogP contribution in [0.1, 0.15) is 38.6 Å². The van der Waals surface area contributed by atoms with Crippen LogP contribution < -0.4 is 0 Å². The van der Waals surface area contributed by atoms with E-state index < -0.39 is 5.60 Å². The number of carbonyl (C=O) groups excluding carboxylic acids is 1. The van der Waals surface area contributed by atoms with Crippen LogP contribution >= 0.6 is 11.6 Å². The predicted molar refractivity (Wildman–Crippen MR) is 67.3 cm³/mol. The van der Waals surface area contributed by atoms with Crippen LogP contribution in [0.3, 0.4) is 0 Å². The highest BCUT2D eigenvalue weighted by molar-refractivity contribution is 6.32. The standard InChI is InChI=1S/C12H19ClN2O2/c1-5-12(4,17)10(16)7-9-11(13)8(3)14-15(9)6-2/h17H,5-7H2,1-4H3. The summed E-state index contributed by atoms with van der Waals surface area (Å²) in [7, 11) is 0. The van der Waals surface area contributed by atoms with Gasteiger partial charge in [0.1, 0.15) is 5.60 Å². The van der Waals surface area contributed by atoms with E-state index in [1.165, 1.54) is 6.92 Å². The van der Waals surface area contributed by atoms with Gasteiger partial charge in [0, 0.05) is 6.54 Å². The van der Waals surface area contributed by atoms with E-state index >= 15 is 0 Å². The monoisotopic (exact) mass is 258 g/mol. The minimum absolute atomic E-state index is 0.119. The fraction of sp³-hybridized carbons (Fsp3) is 0.667. The molecule has 0 saturated heterocycles. The lowest BCUT2D eigenvalue weighted by molar-refractivity contribution is -0.135. The largest absolute Gasteiger partial charge is 0.382 e. The van der Waals surface area contributed by atoms with Crippen molar-refractivity contribution in [3.8, 4) is 0 Å². The first-order chi connectivity index (χ1) is 7.83. The molecule has 1 aromatic heterocycles. The van der Waals surface area contributed by atoms with Crippen molar-refractivity contribution >= 4 is 17.4 Å². The Labute approximate surface area is 107 Å². The van der Waals surface area contributed by atoms with E-state index in [0.29, 0.717) is 29.4 Å². The zero-order chi connectivity index (χ0) is 13.2. The van der Waals surface area contributed by atoms with Gasteiger partial charge in [0.05, 0.1) is 22.8 Å². The summed E-state index contributed by atoms with van der Waals surface area (Å²) < 4.78 is 1.71. The molecule has 0 amide bonds. The molecule has 0 aromatic carbocycles. The Bertz CT molecular complexity index is 424. The molecule has 0 radical (unpaired) electrons. The predicted octanol–water partition coefficient (Wildman–Crippen LogP) is 2.14. The summed E-state index contributed by atoms with van der Waals surface area (Å²) in [6, 6.07) is 0. The molecule has 1 N–H and O–H groups in total. The minimum atomic E-state index is -1.29. The Balaban J connectivity index is 2.99. The van der Waals surface area contributed by atoms with E-state index in [2.05, 4.69) is 5.10 Å². The van der Waals surface area contributed by atoms with Crippen LogP contribution in [-0.4, -0.2) is 26.3 Å². The molecule has 1 aromatic rings. The number of Topliss-reactive ketones (excluding diaryl/α,β-unsaturated/α-hetero) is 1. The summed E-state index contributed by atoms with van der Waals surface area (Å²) in [5.74, 6) is -0.225. The molecule has 17 heavy (non-hydrogen) atoms. The number of aliphatic hydroxyl groups is 1. The number of rotatable bonds is 5. The Kier molecular flexibility index (Phi) is 4.33. The van der Waals surface area contributed by atoms with Gasteiger partial charge >= 0.3 is 0 Å². The number of aryl methyl sites for hydroxylation is 2. The molecule has 0 aliphatic rings. The Morgan fingerprint density at radius 1 is 1.53 bits per heavy atom. The second-order valence-corrected chi connectivity index (χ2v) is 4.77. The third kappa shape index (κ3) is 2.87. The van der Waals surface area contributed by atoms with Crippen molar-refractivity contribution in [1.82, 2.24) is 9.78 Å². The zero-order valence-electron chi connectivity index (χ0n) is 10.7. The third-order valence-electron chi connectivity index (χ3n) is 3.07. The summed E-state index contributed by atoms with van der Waals surface area (Å²) in [4.78, 5) is 11.9.